The van der Waals surface area contributed by atoms with Crippen LogP contribution in [0.15, 0.2) is 59.8 Å². The maximum Gasteiger partial charge on any atom is 0.338 e. The second kappa shape index (κ2) is 9.70. The van der Waals surface area contributed by atoms with Crippen molar-refractivity contribution in [3.8, 4) is 0 Å². The Morgan fingerprint density at radius 2 is 1.88 bits per heavy atom. The number of carbonyl (C=O) groups is 1. The number of hydrogen-bond donors (Lipinski definition) is 0. The van der Waals surface area contributed by atoms with Crippen LogP contribution in [0.1, 0.15) is 34.0 Å². The SMILES string of the molecule is CCOC(=O)c1ccc2c(c1)nc(SCc1ccc(C)c(F)c1F)n2Cc1cccc(F)c1. The zero-order valence-electron chi connectivity index (χ0n) is 18.1. The van der Waals surface area contributed by atoms with Crippen LogP contribution >= 0.6 is 11.8 Å². The number of aromatic nitrogens is 2. The minimum absolute atomic E-state index is 0.153. The Morgan fingerprint density at radius 3 is 2.64 bits per heavy atom. The Hall–Kier alpha value is -3.26. The van der Waals surface area contributed by atoms with Crippen LogP contribution in [-0.4, -0.2) is 22.1 Å². The predicted octanol–water partition coefficient (Wildman–Crippen LogP) is 6.28. The monoisotopic (exact) mass is 470 g/mol. The number of fused-ring (bicyclic) bond motifs is 1. The van der Waals surface area contributed by atoms with E-state index in [1.165, 1.54) is 36.9 Å². The largest absolute Gasteiger partial charge is 0.462 e. The van der Waals surface area contributed by atoms with E-state index in [-0.39, 0.29) is 29.3 Å². The topological polar surface area (TPSA) is 44.1 Å². The summed E-state index contributed by atoms with van der Waals surface area (Å²) in [4.78, 5) is 16.8. The fraction of sp³-hybridized carbons (Fsp3) is 0.200. The maximum atomic E-state index is 14.4. The quantitative estimate of drug-likeness (QED) is 0.236. The highest BCUT2D eigenvalue weighted by Gasteiger charge is 2.17. The lowest BCUT2D eigenvalue weighted by Gasteiger charge is -2.10. The molecule has 1 aromatic heterocycles. The van der Waals surface area contributed by atoms with Crippen LogP contribution in [0.25, 0.3) is 11.0 Å². The first-order valence-corrected chi connectivity index (χ1v) is 11.3. The molecule has 170 valence electrons. The molecule has 0 saturated heterocycles. The van der Waals surface area contributed by atoms with Gasteiger partial charge in [0.05, 0.1) is 29.7 Å². The number of aryl methyl sites for hydroxylation is 1. The molecule has 1 heterocycles. The van der Waals surface area contributed by atoms with E-state index in [4.69, 9.17) is 4.74 Å². The van der Waals surface area contributed by atoms with Gasteiger partial charge in [-0.15, -0.1) is 0 Å². The number of nitrogens with zero attached hydrogens (tertiary/aromatic N) is 2. The van der Waals surface area contributed by atoms with Gasteiger partial charge in [-0.3, -0.25) is 0 Å². The second-order valence-electron chi connectivity index (χ2n) is 7.49. The molecule has 0 N–H and O–H groups in total. The van der Waals surface area contributed by atoms with Crippen molar-refractivity contribution in [2.75, 3.05) is 6.61 Å². The van der Waals surface area contributed by atoms with Gasteiger partial charge in [0, 0.05) is 11.3 Å². The fourth-order valence-corrected chi connectivity index (χ4v) is 4.46. The molecule has 4 nitrogen and oxygen atoms in total. The summed E-state index contributed by atoms with van der Waals surface area (Å²) in [6.45, 7) is 3.81. The van der Waals surface area contributed by atoms with E-state index in [0.717, 1.165) is 11.1 Å². The average molecular weight is 471 g/mol. The molecule has 0 aliphatic carbocycles. The first-order chi connectivity index (χ1) is 15.9. The van der Waals surface area contributed by atoms with E-state index in [1.54, 1.807) is 43.3 Å². The summed E-state index contributed by atoms with van der Waals surface area (Å²) >= 11 is 1.24. The molecule has 0 atom stereocenters. The Bertz CT molecular complexity index is 1340. The van der Waals surface area contributed by atoms with Crippen LogP contribution in [0.2, 0.25) is 0 Å². The van der Waals surface area contributed by atoms with Crippen molar-refractivity contribution in [2.45, 2.75) is 31.3 Å². The van der Waals surface area contributed by atoms with Crippen LogP contribution in [0.3, 0.4) is 0 Å². The molecule has 0 bridgehead atoms. The van der Waals surface area contributed by atoms with Gasteiger partial charge in [-0.25, -0.2) is 22.9 Å². The first-order valence-electron chi connectivity index (χ1n) is 10.4. The van der Waals surface area contributed by atoms with Crippen LogP contribution < -0.4 is 0 Å². The molecular formula is C25H21F3N2O2S. The third kappa shape index (κ3) is 4.90. The summed E-state index contributed by atoms with van der Waals surface area (Å²) < 4.78 is 49.0. The normalized spacial score (nSPS) is 11.2. The van der Waals surface area contributed by atoms with Crippen molar-refractivity contribution in [3.63, 3.8) is 0 Å². The standard InChI is InChI=1S/C25H21F3N2O2S/c1-3-32-24(31)17-9-10-21-20(12-17)29-25(30(21)13-16-5-4-6-19(26)11-16)33-14-18-8-7-15(2)22(27)23(18)28/h4-12H,3,13-14H2,1-2H3. The summed E-state index contributed by atoms with van der Waals surface area (Å²) in [5.41, 5.74) is 2.83. The summed E-state index contributed by atoms with van der Waals surface area (Å²) in [7, 11) is 0. The third-order valence-corrected chi connectivity index (χ3v) is 6.19. The molecule has 8 heteroatoms. The molecule has 3 aromatic carbocycles. The second-order valence-corrected chi connectivity index (χ2v) is 8.44. The number of thioether (sulfide) groups is 1. The summed E-state index contributed by atoms with van der Waals surface area (Å²) in [5, 5.41) is 0.538. The summed E-state index contributed by atoms with van der Waals surface area (Å²) in [6, 6.07) is 14.3. The highest BCUT2D eigenvalue weighted by molar-refractivity contribution is 7.98. The predicted molar refractivity (Wildman–Crippen MR) is 122 cm³/mol. The van der Waals surface area contributed by atoms with E-state index in [0.29, 0.717) is 22.8 Å². The van der Waals surface area contributed by atoms with Gasteiger partial charge in [-0.2, -0.15) is 0 Å². The minimum atomic E-state index is -0.875. The molecule has 0 amide bonds. The van der Waals surface area contributed by atoms with Gasteiger partial charge in [0.1, 0.15) is 5.82 Å². The Kier molecular flexibility index (Phi) is 6.74. The van der Waals surface area contributed by atoms with Gasteiger partial charge < -0.3 is 9.30 Å². The van der Waals surface area contributed by atoms with Crippen molar-refractivity contribution in [1.29, 1.82) is 0 Å². The molecule has 0 aliphatic heterocycles. The summed E-state index contributed by atoms with van der Waals surface area (Å²) in [5.74, 6) is -2.39. The van der Waals surface area contributed by atoms with Gasteiger partial charge >= 0.3 is 5.97 Å². The van der Waals surface area contributed by atoms with Gasteiger partial charge in [-0.05, 0) is 55.3 Å². The van der Waals surface area contributed by atoms with Crippen molar-refractivity contribution in [3.05, 3.63) is 94.3 Å². The van der Waals surface area contributed by atoms with Crippen LogP contribution in [-0.2, 0) is 17.0 Å². The molecule has 4 rings (SSSR count). The van der Waals surface area contributed by atoms with E-state index < -0.39 is 17.6 Å². The lowest BCUT2D eigenvalue weighted by Crippen LogP contribution is -2.05. The van der Waals surface area contributed by atoms with Crippen LogP contribution in [0.5, 0.6) is 0 Å². The lowest BCUT2D eigenvalue weighted by molar-refractivity contribution is 0.0526. The van der Waals surface area contributed by atoms with Crippen LogP contribution in [0, 0.1) is 24.4 Å². The Morgan fingerprint density at radius 1 is 1.06 bits per heavy atom. The number of hydrogen-bond acceptors (Lipinski definition) is 4. The fourth-order valence-electron chi connectivity index (χ4n) is 3.47. The van der Waals surface area contributed by atoms with Gasteiger partial charge in [0.25, 0.3) is 0 Å². The lowest BCUT2D eigenvalue weighted by atomic mass is 10.1. The number of halogens is 3. The first kappa shape index (κ1) is 22.9. The number of carbonyl (C=O) groups excluding carboxylic acids is 1. The smallest absolute Gasteiger partial charge is 0.338 e. The number of imidazole rings is 1. The highest BCUT2D eigenvalue weighted by Crippen LogP contribution is 2.30. The molecule has 0 saturated carbocycles. The Balaban J connectivity index is 1.72. The van der Waals surface area contributed by atoms with E-state index >= 15 is 0 Å². The molecule has 0 fully saturated rings. The van der Waals surface area contributed by atoms with Crippen molar-refractivity contribution in [2.24, 2.45) is 0 Å². The molecular weight excluding hydrogens is 449 g/mol. The zero-order valence-corrected chi connectivity index (χ0v) is 18.9. The molecule has 33 heavy (non-hydrogen) atoms. The number of rotatable bonds is 7. The number of ether oxygens (including phenoxy) is 1. The molecule has 0 unspecified atom stereocenters. The van der Waals surface area contributed by atoms with E-state index in [9.17, 15) is 18.0 Å². The molecule has 4 aromatic rings. The third-order valence-electron chi connectivity index (χ3n) is 5.17. The highest BCUT2D eigenvalue weighted by atomic mass is 32.2. The molecule has 0 radical (unpaired) electrons. The van der Waals surface area contributed by atoms with Crippen molar-refractivity contribution in [1.82, 2.24) is 9.55 Å². The summed E-state index contributed by atoms with van der Waals surface area (Å²) in [6.07, 6.45) is 0. The minimum Gasteiger partial charge on any atom is -0.462 e. The molecule has 0 spiro atoms. The van der Waals surface area contributed by atoms with Gasteiger partial charge in [0.2, 0.25) is 0 Å². The van der Waals surface area contributed by atoms with E-state index in [2.05, 4.69) is 4.98 Å². The maximum absolute atomic E-state index is 14.4. The van der Waals surface area contributed by atoms with Crippen molar-refractivity contribution < 1.29 is 22.7 Å². The van der Waals surface area contributed by atoms with Crippen LogP contribution in [0.4, 0.5) is 13.2 Å². The zero-order chi connectivity index (χ0) is 23.5. The van der Waals surface area contributed by atoms with Gasteiger partial charge in [0.15, 0.2) is 16.8 Å². The Labute approximate surface area is 193 Å². The average Bonchev–Trinajstić information content (AvgIpc) is 3.13. The van der Waals surface area contributed by atoms with Gasteiger partial charge in [-0.1, -0.05) is 36.0 Å². The van der Waals surface area contributed by atoms with E-state index in [1.807, 2.05) is 4.57 Å². The van der Waals surface area contributed by atoms with Crippen molar-refractivity contribution >= 4 is 28.8 Å². The molecule has 0 aliphatic rings. The number of benzene rings is 3. The number of esters is 1.